The molecular weight excluding hydrogens is 232 g/mol. The van der Waals surface area contributed by atoms with Crippen LogP contribution in [0.5, 0.6) is 0 Å². The molecule has 1 unspecified atom stereocenters. The lowest BCUT2D eigenvalue weighted by Crippen LogP contribution is -2.16. The van der Waals surface area contributed by atoms with E-state index in [1.807, 2.05) is 0 Å². The Morgan fingerprint density at radius 3 is 3.06 bits per heavy atom. The highest BCUT2D eigenvalue weighted by atomic mass is 16.5. The van der Waals surface area contributed by atoms with Crippen LogP contribution in [-0.4, -0.2) is 28.3 Å². The normalized spacial score (nSPS) is 19.9. The molecule has 6 nitrogen and oxygen atoms in total. The highest BCUT2D eigenvalue weighted by molar-refractivity contribution is 5.57. The summed E-state index contributed by atoms with van der Waals surface area (Å²) in [7, 11) is 0. The number of nitrogens with two attached hydrogens (primary N) is 1. The van der Waals surface area contributed by atoms with Gasteiger partial charge in [-0.1, -0.05) is 5.16 Å². The lowest BCUT2D eigenvalue weighted by atomic mass is 10.0. The molecule has 6 heteroatoms. The van der Waals surface area contributed by atoms with E-state index in [0.717, 1.165) is 25.0 Å². The van der Waals surface area contributed by atoms with Gasteiger partial charge in [0.25, 0.3) is 5.89 Å². The summed E-state index contributed by atoms with van der Waals surface area (Å²) in [5.74, 6) is 1.38. The molecule has 18 heavy (non-hydrogen) atoms. The van der Waals surface area contributed by atoms with Crippen molar-refractivity contribution in [1.82, 2.24) is 15.1 Å². The number of rotatable bonds is 2. The number of ether oxygens (including phenoxy) is 1. The zero-order valence-corrected chi connectivity index (χ0v) is 9.87. The molecule has 1 saturated heterocycles. The molecule has 3 rings (SSSR count). The van der Waals surface area contributed by atoms with Gasteiger partial charge in [-0.25, -0.2) is 0 Å². The van der Waals surface area contributed by atoms with Crippen LogP contribution in [0.2, 0.25) is 0 Å². The van der Waals surface area contributed by atoms with Crippen LogP contribution >= 0.6 is 0 Å². The molecule has 1 atom stereocenters. The number of hydrogen-bond donors (Lipinski definition) is 1. The van der Waals surface area contributed by atoms with Crippen LogP contribution in [0.3, 0.4) is 0 Å². The summed E-state index contributed by atoms with van der Waals surface area (Å²) in [5, 5.41) is 4.01. The predicted octanol–water partition coefficient (Wildman–Crippen LogP) is 1.61. The van der Waals surface area contributed by atoms with E-state index in [2.05, 4.69) is 15.1 Å². The van der Waals surface area contributed by atoms with Crippen LogP contribution < -0.4 is 5.73 Å². The van der Waals surface area contributed by atoms with E-state index >= 15 is 0 Å². The largest absolute Gasteiger partial charge is 0.397 e. The molecule has 2 aromatic heterocycles. The Hall–Kier alpha value is -1.95. The van der Waals surface area contributed by atoms with Crippen LogP contribution in [0.4, 0.5) is 5.69 Å². The van der Waals surface area contributed by atoms with Gasteiger partial charge in [-0.15, -0.1) is 0 Å². The molecule has 0 spiro atoms. The van der Waals surface area contributed by atoms with Gasteiger partial charge < -0.3 is 15.0 Å². The number of nitrogen functional groups attached to an aromatic ring is 1. The van der Waals surface area contributed by atoms with Crippen molar-refractivity contribution in [1.29, 1.82) is 0 Å². The lowest BCUT2D eigenvalue weighted by Gasteiger charge is -2.18. The monoisotopic (exact) mass is 246 g/mol. The zero-order chi connectivity index (χ0) is 12.4. The second kappa shape index (κ2) is 4.73. The Morgan fingerprint density at radius 1 is 1.33 bits per heavy atom. The van der Waals surface area contributed by atoms with E-state index < -0.39 is 0 Å². The summed E-state index contributed by atoms with van der Waals surface area (Å²) in [5.41, 5.74) is 6.99. The summed E-state index contributed by atoms with van der Waals surface area (Å²) < 4.78 is 10.7. The molecule has 1 fully saturated rings. The van der Waals surface area contributed by atoms with Crippen molar-refractivity contribution in [2.75, 3.05) is 18.9 Å². The molecule has 1 aliphatic heterocycles. The maximum Gasteiger partial charge on any atom is 0.259 e. The van der Waals surface area contributed by atoms with Gasteiger partial charge in [-0.05, 0) is 18.9 Å². The summed E-state index contributed by atoms with van der Waals surface area (Å²) in [4.78, 5) is 8.40. The minimum Gasteiger partial charge on any atom is -0.397 e. The first-order chi connectivity index (χ1) is 8.83. The Balaban J connectivity index is 1.84. The molecule has 0 aliphatic carbocycles. The molecule has 2 aromatic rings. The fraction of sp³-hybridized carbons (Fsp3) is 0.417. The number of nitrogens with zero attached hydrogens (tertiary/aromatic N) is 3. The van der Waals surface area contributed by atoms with Gasteiger partial charge in [0, 0.05) is 24.9 Å². The van der Waals surface area contributed by atoms with Crippen LogP contribution in [0, 0.1) is 0 Å². The average molecular weight is 246 g/mol. The fourth-order valence-corrected chi connectivity index (χ4v) is 2.04. The minimum atomic E-state index is 0.227. The first-order valence-electron chi connectivity index (χ1n) is 5.95. The standard InChI is InChI=1S/C12H14N4O2/c13-10-4-9(5-14-6-10)12-15-11(16-18-12)8-2-1-3-17-7-8/h4-6,8H,1-3,7,13H2. The van der Waals surface area contributed by atoms with E-state index in [-0.39, 0.29) is 5.92 Å². The molecule has 0 radical (unpaired) electrons. The SMILES string of the molecule is Nc1cncc(-c2nc(C3CCCOC3)no2)c1. The van der Waals surface area contributed by atoms with Gasteiger partial charge in [-0.3, -0.25) is 4.98 Å². The van der Waals surface area contributed by atoms with Crippen molar-refractivity contribution in [3.63, 3.8) is 0 Å². The van der Waals surface area contributed by atoms with Crippen molar-refractivity contribution >= 4 is 5.69 Å². The topological polar surface area (TPSA) is 87.1 Å². The third-order valence-electron chi connectivity index (χ3n) is 2.97. The molecule has 3 heterocycles. The highest BCUT2D eigenvalue weighted by Crippen LogP contribution is 2.25. The fourth-order valence-electron chi connectivity index (χ4n) is 2.04. The Bertz CT molecular complexity index is 534. The van der Waals surface area contributed by atoms with Crippen molar-refractivity contribution in [3.05, 3.63) is 24.3 Å². The lowest BCUT2D eigenvalue weighted by molar-refractivity contribution is 0.0773. The number of pyridine rings is 1. The summed E-state index contributed by atoms with van der Waals surface area (Å²) >= 11 is 0. The predicted molar refractivity (Wildman–Crippen MR) is 64.7 cm³/mol. The molecular formula is C12H14N4O2. The van der Waals surface area contributed by atoms with E-state index in [0.29, 0.717) is 24.0 Å². The zero-order valence-electron chi connectivity index (χ0n) is 9.87. The summed E-state index contributed by atoms with van der Waals surface area (Å²) in [6.45, 7) is 1.48. The first-order valence-corrected chi connectivity index (χ1v) is 5.95. The third-order valence-corrected chi connectivity index (χ3v) is 2.97. The molecule has 0 bridgehead atoms. The molecule has 0 amide bonds. The van der Waals surface area contributed by atoms with Gasteiger partial charge in [0.1, 0.15) is 0 Å². The van der Waals surface area contributed by atoms with Gasteiger partial charge in [0.05, 0.1) is 17.9 Å². The van der Waals surface area contributed by atoms with Gasteiger partial charge >= 0.3 is 0 Å². The molecule has 1 aliphatic rings. The van der Waals surface area contributed by atoms with Crippen molar-refractivity contribution in [3.8, 4) is 11.5 Å². The molecule has 94 valence electrons. The van der Waals surface area contributed by atoms with Crippen molar-refractivity contribution in [2.24, 2.45) is 0 Å². The summed E-state index contributed by atoms with van der Waals surface area (Å²) in [6, 6.07) is 1.77. The Morgan fingerprint density at radius 2 is 2.28 bits per heavy atom. The smallest absolute Gasteiger partial charge is 0.259 e. The second-order valence-corrected chi connectivity index (χ2v) is 4.38. The average Bonchev–Trinajstić information content (AvgIpc) is 2.89. The maximum atomic E-state index is 5.67. The van der Waals surface area contributed by atoms with Crippen molar-refractivity contribution in [2.45, 2.75) is 18.8 Å². The van der Waals surface area contributed by atoms with Crippen LogP contribution in [0.25, 0.3) is 11.5 Å². The molecule has 2 N–H and O–H groups in total. The third kappa shape index (κ3) is 2.19. The second-order valence-electron chi connectivity index (χ2n) is 4.38. The minimum absolute atomic E-state index is 0.227. The quantitative estimate of drug-likeness (QED) is 0.866. The van der Waals surface area contributed by atoms with E-state index in [1.54, 1.807) is 18.5 Å². The molecule has 0 aromatic carbocycles. The van der Waals surface area contributed by atoms with Gasteiger partial charge in [-0.2, -0.15) is 4.98 Å². The number of anilines is 1. The highest BCUT2D eigenvalue weighted by Gasteiger charge is 2.22. The van der Waals surface area contributed by atoms with E-state index in [4.69, 9.17) is 15.0 Å². The van der Waals surface area contributed by atoms with Crippen molar-refractivity contribution < 1.29 is 9.26 Å². The van der Waals surface area contributed by atoms with Gasteiger partial charge in [0.2, 0.25) is 0 Å². The Labute approximate surface area is 104 Å². The first kappa shape index (κ1) is 11.2. The Kier molecular flexibility index (Phi) is 2.93. The summed E-state index contributed by atoms with van der Waals surface area (Å²) in [6.07, 6.45) is 5.31. The molecule has 0 saturated carbocycles. The number of hydrogen-bond acceptors (Lipinski definition) is 6. The van der Waals surface area contributed by atoms with E-state index in [9.17, 15) is 0 Å². The van der Waals surface area contributed by atoms with Crippen LogP contribution in [0.1, 0.15) is 24.6 Å². The maximum absolute atomic E-state index is 5.67. The van der Waals surface area contributed by atoms with Gasteiger partial charge in [0.15, 0.2) is 5.82 Å². The number of aromatic nitrogens is 3. The van der Waals surface area contributed by atoms with Crippen LogP contribution in [-0.2, 0) is 4.74 Å². The van der Waals surface area contributed by atoms with E-state index in [1.165, 1.54) is 0 Å². The van der Waals surface area contributed by atoms with Crippen LogP contribution in [0.15, 0.2) is 23.0 Å².